The van der Waals surface area contributed by atoms with Gasteiger partial charge in [-0.05, 0) is 32.9 Å². The highest BCUT2D eigenvalue weighted by molar-refractivity contribution is 5.97. The Kier molecular flexibility index (Phi) is 4.59. The highest BCUT2D eigenvalue weighted by Gasteiger charge is 2.14. The molecule has 1 aromatic carbocycles. The first kappa shape index (κ1) is 13.9. The van der Waals surface area contributed by atoms with Gasteiger partial charge in [-0.1, -0.05) is 5.57 Å². The molecule has 0 fully saturated rings. The molecule has 0 bridgehead atoms. The molecular formula is C13H15NO4. The highest BCUT2D eigenvalue weighted by Crippen LogP contribution is 2.24. The predicted octanol–water partition coefficient (Wildman–Crippen LogP) is 3.14. The summed E-state index contributed by atoms with van der Waals surface area (Å²) in [4.78, 5) is 21.5. The normalized spacial score (nSPS) is 9.72. The van der Waals surface area contributed by atoms with Gasteiger partial charge >= 0.3 is 0 Å². The fourth-order valence-electron chi connectivity index (χ4n) is 1.33. The molecule has 0 aliphatic heterocycles. The molecule has 18 heavy (non-hydrogen) atoms. The molecular weight excluding hydrogens is 234 g/mol. The molecule has 1 rings (SSSR count). The number of benzene rings is 1. The van der Waals surface area contributed by atoms with Gasteiger partial charge in [-0.25, -0.2) is 0 Å². The van der Waals surface area contributed by atoms with Gasteiger partial charge in [0, 0.05) is 12.1 Å². The SMILES string of the molecule is CC(=O)c1cc([N+](=O)[O-])ccc1OCC=C(C)C. The third kappa shape index (κ3) is 3.69. The van der Waals surface area contributed by atoms with E-state index in [1.807, 2.05) is 19.9 Å². The fraction of sp³-hybridized carbons (Fsp3) is 0.308. The number of hydrogen-bond donors (Lipinski definition) is 0. The lowest BCUT2D eigenvalue weighted by atomic mass is 10.1. The summed E-state index contributed by atoms with van der Waals surface area (Å²) in [5.74, 6) is 0.108. The lowest BCUT2D eigenvalue weighted by Gasteiger charge is -2.07. The van der Waals surface area contributed by atoms with Gasteiger partial charge in [-0.15, -0.1) is 0 Å². The molecule has 0 saturated heterocycles. The molecule has 0 aromatic heterocycles. The summed E-state index contributed by atoms with van der Waals surface area (Å²) in [6, 6.07) is 4.01. The van der Waals surface area contributed by atoms with Crippen LogP contribution in [0.15, 0.2) is 29.8 Å². The molecule has 0 spiro atoms. The number of non-ortho nitro benzene ring substituents is 1. The van der Waals surface area contributed by atoms with Crippen molar-refractivity contribution >= 4 is 11.5 Å². The summed E-state index contributed by atoms with van der Waals surface area (Å²) in [6.07, 6.45) is 1.87. The van der Waals surface area contributed by atoms with Crippen LogP contribution in [-0.2, 0) is 0 Å². The minimum atomic E-state index is -0.535. The summed E-state index contributed by atoms with van der Waals surface area (Å²) in [5.41, 5.74) is 1.21. The maximum absolute atomic E-state index is 11.4. The minimum Gasteiger partial charge on any atom is -0.489 e. The number of nitro benzene ring substituents is 1. The topological polar surface area (TPSA) is 69.4 Å². The first-order chi connectivity index (χ1) is 8.41. The van der Waals surface area contributed by atoms with E-state index < -0.39 is 4.92 Å². The summed E-state index contributed by atoms with van der Waals surface area (Å²) in [6.45, 7) is 5.56. The van der Waals surface area contributed by atoms with Crippen molar-refractivity contribution in [3.63, 3.8) is 0 Å². The number of carbonyl (C=O) groups excluding carboxylic acids is 1. The summed E-state index contributed by atoms with van der Waals surface area (Å²) in [5, 5.41) is 10.6. The van der Waals surface area contributed by atoms with Crippen molar-refractivity contribution < 1.29 is 14.5 Å². The van der Waals surface area contributed by atoms with Crippen LogP contribution in [0.25, 0.3) is 0 Å². The summed E-state index contributed by atoms with van der Waals surface area (Å²) >= 11 is 0. The van der Waals surface area contributed by atoms with E-state index in [-0.39, 0.29) is 17.0 Å². The van der Waals surface area contributed by atoms with Crippen LogP contribution < -0.4 is 4.74 Å². The van der Waals surface area contributed by atoms with Gasteiger partial charge in [-0.2, -0.15) is 0 Å². The zero-order valence-electron chi connectivity index (χ0n) is 10.6. The lowest BCUT2D eigenvalue weighted by Crippen LogP contribution is -2.02. The van der Waals surface area contributed by atoms with E-state index in [1.54, 1.807) is 0 Å². The average Bonchev–Trinajstić information content (AvgIpc) is 2.28. The molecule has 0 saturated carbocycles. The number of ether oxygens (including phenoxy) is 1. The fourth-order valence-corrected chi connectivity index (χ4v) is 1.33. The third-order valence-corrected chi connectivity index (χ3v) is 2.28. The Balaban J connectivity index is 3.01. The van der Waals surface area contributed by atoms with E-state index in [9.17, 15) is 14.9 Å². The van der Waals surface area contributed by atoms with E-state index in [4.69, 9.17) is 4.74 Å². The van der Waals surface area contributed by atoms with Crippen LogP contribution >= 0.6 is 0 Å². The van der Waals surface area contributed by atoms with Gasteiger partial charge in [0.25, 0.3) is 5.69 Å². The number of Topliss-reactive ketones (excluding diaryl/α,β-unsaturated/α-hetero) is 1. The molecule has 1 aromatic rings. The van der Waals surface area contributed by atoms with Crippen molar-refractivity contribution in [1.82, 2.24) is 0 Å². The Labute approximate surface area is 105 Å². The second kappa shape index (κ2) is 5.95. The van der Waals surface area contributed by atoms with Gasteiger partial charge in [0.15, 0.2) is 5.78 Å². The molecule has 0 aliphatic rings. The number of rotatable bonds is 5. The highest BCUT2D eigenvalue weighted by atomic mass is 16.6. The van der Waals surface area contributed by atoms with Gasteiger partial charge in [0.1, 0.15) is 12.4 Å². The summed E-state index contributed by atoms with van der Waals surface area (Å²) < 4.78 is 5.42. The Morgan fingerprint density at radius 2 is 2.06 bits per heavy atom. The lowest BCUT2D eigenvalue weighted by molar-refractivity contribution is -0.384. The molecule has 0 N–H and O–H groups in total. The summed E-state index contributed by atoms with van der Waals surface area (Å²) in [7, 11) is 0. The van der Waals surface area contributed by atoms with Crippen molar-refractivity contribution in [2.24, 2.45) is 0 Å². The van der Waals surface area contributed by atoms with Crippen LogP contribution in [0.3, 0.4) is 0 Å². The molecule has 96 valence electrons. The Bertz CT molecular complexity index is 502. The number of allylic oxidation sites excluding steroid dienone is 1. The van der Waals surface area contributed by atoms with Gasteiger partial charge in [0.05, 0.1) is 10.5 Å². The van der Waals surface area contributed by atoms with Crippen molar-refractivity contribution in [2.75, 3.05) is 6.61 Å². The van der Waals surface area contributed by atoms with Crippen molar-refractivity contribution in [3.05, 3.63) is 45.5 Å². The minimum absolute atomic E-state index is 0.116. The third-order valence-electron chi connectivity index (χ3n) is 2.28. The second-order valence-electron chi connectivity index (χ2n) is 4.09. The van der Waals surface area contributed by atoms with Crippen LogP contribution in [0.5, 0.6) is 5.75 Å². The molecule has 0 atom stereocenters. The maximum Gasteiger partial charge on any atom is 0.270 e. The van der Waals surface area contributed by atoms with Gasteiger partial charge in [-0.3, -0.25) is 14.9 Å². The van der Waals surface area contributed by atoms with Crippen molar-refractivity contribution in [2.45, 2.75) is 20.8 Å². The van der Waals surface area contributed by atoms with E-state index >= 15 is 0 Å². The predicted molar refractivity (Wildman–Crippen MR) is 68.0 cm³/mol. The first-order valence-electron chi connectivity index (χ1n) is 5.47. The molecule has 0 radical (unpaired) electrons. The average molecular weight is 249 g/mol. The van der Waals surface area contributed by atoms with E-state index in [1.165, 1.54) is 25.1 Å². The van der Waals surface area contributed by atoms with Gasteiger partial charge in [0.2, 0.25) is 0 Å². The molecule has 0 unspecified atom stereocenters. The van der Waals surface area contributed by atoms with Crippen LogP contribution in [-0.4, -0.2) is 17.3 Å². The first-order valence-corrected chi connectivity index (χ1v) is 5.47. The van der Waals surface area contributed by atoms with E-state index in [0.717, 1.165) is 5.57 Å². The number of nitro groups is 1. The monoisotopic (exact) mass is 249 g/mol. The smallest absolute Gasteiger partial charge is 0.270 e. The number of carbonyl (C=O) groups is 1. The van der Waals surface area contributed by atoms with Crippen LogP contribution in [0.4, 0.5) is 5.69 Å². The zero-order valence-corrected chi connectivity index (χ0v) is 10.6. The molecule has 0 amide bonds. The zero-order chi connectivity index (χ0) is 13.7. The van der Waals surface area contributed by atoms with Crippen LogP contribution in [0.1, 0.15) is 31.1 Å². The Morgan fingerprint density at radius 1 is 1.39 bits per heavy atom. The molecule has 5 nitrogen and oxygen atoms in total. The number of nitrogens with zero attached hydrogens (tertiary/aromatic N) is 1. The van der Waals surface area contributed by atoms with E-state index in [2.05, 4.69) is 0 Å². The van der Waals surface area contributed by atoms with E-state index in [0.29, 0.717) is 12.4 Å². The van der Waals surface area contributed by atoms with Crippen molar-refractivity contribution in [1.29, 1.82) is 0 Å². The number of hydrogen-bond acceptors (Lipinski definition) is 4. The largest absolute Gasteiger partial charge is 0.489 e. The van der Waals surface area contributed by atoms with Crippen LogP contribution in [0, 0.1) is 10.1 Å². The van der Waals surface area contributed by atoms with Crippen LogP contribution in [0.2, 0.25) is 0 Å². The maximum atomic E-state index is 11.4. The second-order valence-corrected chi connectivity index (χ2v) is 4.09. The molecule has 0 heterocycles. The quantitative estimate of drug-likeness (QED) is 0.348. The van der Waals surface area contributed by atoms with Crippen molar-refractivity contribution in [3.8, 4) is 5.75 Å². The Hall–Kier alpha value is -2.17. The number of ketones is 1. The molecule has 5 heteroatoms. The molecule has 0 aliphatic carbocycles. The standard InChI is InChI=1S/C13H15NO4/c1-9(2)6-7-18-13-5-4-11(14(16)17)8-12(13)10(3)15/h4-6,8H,7H2,1-3H3. The van der Waals surface area contributed by atoms with Gasteiger partial charge < -0.3 is 4.74 Å². The Morgan fingerprint density at radius 3 is 2.56 bits per heavy atom.